The van der Waals surface area contributed by atoms with Gasteiger partial charge >= 0.3 is 0 Å². The third-order valence-corrected chi connectivity index (χ3v) is 2.40. The van der Waals surface area contributed by atoms with E-state index >= 15 is 0 Å². The molecule has 0 aliphatic rings. The summed E-state index contributed by atoms with van der Waals surface area (Å²) in [5, 5.41) is 3.98. The molecule has 1 heterocycles. The number of nitrogens with zero attached hydrogens (tertiary/aromatic N) is 2. The highest BCUT2D eigenvalue weighted by Crippen LogP contribution is 2.08. The topological polar surface area (TPSA) is 29.3 Å². The molecule has 0 N–H and O–H groups in total. The van der Waals surface area contributed by atoms with Crippen molar-refractivity contribution in [3.8, 4) is 0 Å². The first-order chi connectivity index (χ1) is 7.74. The van der Waals surface area contributed by atoms with Gasteiger partial charge in [0.05, 0.1) is 5.69 Å². The number of rotatable bonds is 4. The first kappa shape index (κ1) is 10.9. The quantitative estimate of drug-likeness (QED) is 0.786. The summed E-state index contributed by atoms with van der Waals surface area (Å²) in [5.41, 5.74) is 2.29. The van der Waals surface area contributed by atoms with Crippen LogP contribution in [0.25, 0.3) is 0 Å². The average Bonchev–Trinajstić information content (AvgIpc) is 2.65. The third kappa shape index (κ3) is 2.94. The molecule has 2 aromatic rings. The molecule has 0 amide bonds. The van der Waals surface area contributed by atoms with Crippen LogP contribution >= 0.6 is 0 Å². The minimum Gasteiger partial charge on any atom is -0.361 e. The Labute approximate surface area is 95.7 Å². The van der Waals surface area contributed by atoms with Gasteiger partial charge in [0.2, 0.25) is 0 Å². The van der Waals surface area contributed by atoms with Crippen molar-refractivity contribution in [2.45, 2.75) is 20.0 Å². The van der Waals surface area contributed by atoms with Gasteiger partial charge in [0, 0.05) is 19.2 Å². The van der Waals surface area contributed by atoms with E-state index < -0.39 is 0 Å². The van der Waals surface area contributed by atoms with Gasteiger partial charge in [-0.1, -0.05) is 35.5 Å². The van der Waals surface area contributed by atoms with E-state index in [2.05, 4.69) is 41.4 Å². The van der Waals surface area contributed by atoms with E-state index in [4.69, 9.17) is 4.52 Å². The summed E-state index contributed by atoms with van der Waals surface area (Å²) in [6.45, 7) is 3.65. The molecule has 1 aromatic heterocycles. The molecule has 0 atom stereocenters. The van der Waals surface area contributed by atoms with Crippen molar-refractivity contribution in [2.24, 2.45) is 0 Å². The largest absolute Gasteiger partial charge is 0.361 e. The Morgan fingerprint density at radius 2 is 1.94 bits per heavy atom. The Morgan fingerprint density at radius 3 is 2.56 bits per heavy atom. The zero-order chi connectivity index (χ0) is 11.4. The first-order valence-corrected chi connectivity index (χ1v) is 5.39. The number of aromatic nitrogens is 1. The lowest BCUT2D eigenvalue weighted by Gasteiger charge is -2.14. The highest BCUT2D eigenvalue weighted by atomic mass is 16.5. The molecule has 2 rings (SSSR count). The third-order valence-electron chi connectivity index (χ3n) is 2.40. The fourth-order valence-electron chi connectivity index (χ4n) is 1.72. The van der Waals surface area contributed by atoms with Crippen molar-refractivity contribution in [1.29, 1.82) is 0 Å². The van der Waals surface area contributed by atoms with Crippen LogP contribution < -0.4 is 0 Å². The van der Waals surface area contributed by atoms with Crippen LogP contribution in [-0.2, 0) is 13.1 Å². The predicted octanol–water partition coefficient (Wildman–Crippen LogP) is 2.62. The van der Waals surface area contributed by atoms with Crippen LogP contribution in [0.15, 0.2) is 40.9 Å². The van der Waals surface area contributed by atoms with Gasteiger partial charge in [0.15, 0.2) is 0 Å². The van der Waals surface area contributed by atoms with Crippen molar-refractivity contribution in [2.75, 3.05) is 7.05 Å². The van der Waals surface area contributed by atoms with E-state index in [0.717, 1.165) is 24.5 Å². The Kier molecular flexibility index (Phi) is 3.37. The second kappa shape index (κ2) is 4.94. The normalized spacial score (nSPS) is 10.9. The molecule has 84 valence electrons. The molecule has 1 aromatic carbocycles. The first-order valence-electron chi connectivity index (χ1n) is 5.39. The number of hydrogen-bond donors (Lipinski definition) is 0. The predicted molar refractivity (Wildman–Crippen MR) is 62.9 cm³/mol. The Hall–Kier alpha value is -1.61. The van der Waals surface area contributed by atoms with E-state index in [1.165, 1.54) is 5.56 Å². The molecule has 3 nitrogen and oxygen atoms in total. The second-order valence-corrected chi connectivity index (χ2v) is 4.09. The summed E-state index contributed by atoms with van der Waals surface area (Å²) in [5.74, 6) is 0.864. The molecule has 0 fully saturated rings. The van der Waals surface area contributed by atoms with Crippen LogP contribution in [0.4, 0.5) is 0 Å². The van der Waals surface area contributed by atoms with Crippen LogP contribution in [0.5, 0.6) is 0 Å². The summed E-state index contributed by atoms with van der Waals surface area (Å²) >= 11 is 0. The summed E-state index contributed by atoms with van der Waals surface area (Å²) in [6, 6.07) is 12.4. The fraction of sp³-hybridized carbons (Fsp3) is 0.308. The molecule has 0 spiro atoms. The number of aryl methyl sites for hydroxylation is 1. The van der Waals surface area contributed by atoms with E-state index in [1.807, 2.05) is 19.1 Å². The summed E-state index contributed by atoms with van der Waals surface area (Å²) in [6.07, 6.45) is 0. The van der Waals surface area contributed by atoms with Crippen LogP contribution in [0.3, 0.4) is 0 Å². The van der Waals surface area contributed by atoms with Crippen LogP contribution in [0.1, 0.15) is 17.0 Å². The summed E-state index contributed by atoms with van der Waals surface area (Å²) in [4.78, 5) is 2.21. The average molecular weight is 216 g/mol. The molecule has 0 saturated heterocycles. The standard InChI is InChI=1S/C13H16N2O/c1-11-8-13(14-16-11)10-15(2)9-12-6-4-3-5-7-12/h3-8H,9-10H2,1-2H3. The Bertz CT molecular complexity index is 436. The maximum absolute atomic E-state index is 5.04. The monoisotopic (exact) mass is 216 g/mol. The smallest absolute Gasteiger partial charge is 0.133 e. The van der Waals surface area contributed by atoms with Crippen LogP contribution in [0, 0.1) is 6.92 Å². The van der Waals surface area contributed by atoms with E-state index in [-0.39, 0.29) is 0 Å². The van der Waals surface area contributed by atoms with Gasteiger partial charge in [-0.3, -0.25) is 4.90 Å². The van der Waals surface area contributed by atoms with Crippen molar-refractivity contribution in [3.63, 3.8) is 0 Å². The number of hydrogen-bond acceptors (Lipinski definition) is 3. The number of benzene rings is 1. The van der Waals surface area contributed by atoms with Gasteiger partial charge in [-0.05, 0) is 19.5 Å². The lowest BCUT2D eigenvalue weighted by atomic mass is 10.2. The van der Waals surface area contributed by atoms with E-state index in [0.29, 0.717) is 0 Å². The molecule has 0 aliphatic carbocycles. The Morgan fingerprint density at radius 1 is 1.19 bits per heavy atom. The Balaban J connectivity index is 1.92. The molecule has 0 saturated carbocycles. The minimum absolute atomic E-state index is 0.812. The van der Waals surface area contributed by atoms with E-state index in [9.17, 15) is 0 Å². The molecule has 0 bridgehead atoms. The van der Waals surface area contributed by atoms with Crippen molar-refractivity contribution < 1.29 is 4.52 Å². The SMILES string of the molecule is Cc1cc(CN(C)Cc2ccccc2)no1. The van der Waals surface area contributed by atoms with Crippen LogP contribution in [0.2, 0.25) is 0 Å². The van der Waals surface area contributed by atoms with Gasteiger partial charge in [0.25, 0.3) is 0 Å². The van der Waals surface area contributed by atoms with Crippen molar-refractivity contribution in [3.05, 3.63) is 53.4 Å². The van der Waals surface area contributed by atoms with Gasteiger partial charge in [-0.25, -0.2) is 0 Å². The van der Waals surface area contributed by atoms with Crippen LogP contribution in [-0.4, -0.2) is 17.1 Å². The second-order valence-electron chi connectivity index (χ2n) is 4.09. The lowest BCUT2D eigenvalue weighted by molar-refractivity contribution is 0.302. The zero-order valence-corrected chi connectivity index (χ0v) is 9.68. The zero-order valence-electron chi connectivity index (χ0n) is 9.68. The van der Waals surface area contributed by atoms with Gasteiger partial charge in [0.1, 0.15) is 5.76 Å². The highest BCUT2D eigenvalue weighted by Gasteiger charge is 2.05. The maximum Gasteiger partial charge on any atom is 0.133 e. The lowest BCUT2D eigenvalue weighted by Crippen LogP contribution is -2.17. The summed E-state index contributed by atoms with van der Waals surface area (Å²) in [7, 11) is 2.08. The molecule has 16 heavy (non-hydrogen) atoms. The van der Waals surface area contributed by atoms with Crippen molar-refractivity contribution in [1.82, 2.24) is 10.1 Å². The summed E-state index contributed by atoms with van der Waals surface area (Å²) < 4.78 is 5.04. The van der Waals surface area contributed by atoms with Crippen molar-refractivity contribution >= 4 is 0 Å². The molecular weight excluding hydrogens is 200 g/mol. The molecule has 0 aliphatic heterocycles. The minimum atomic E-state index is 0.812. The highest BCUT2D eigenvalue weighted by molar-refractivity contribution is 5.14. The van der Waals surface area contributed by atoms with Gasteiger partial charge in [-0.15, -0.1) is 0 Å². The molecular formula is C13H16N2O. The molecule has 0 radical (unpaired) electrons. The van der Waals surface area contributed by atoms with E-state index in [1.54, 1.807) is 0 Å². The van der Waals surface area contributed by atoms with Gasteiger partial charge < -0.3 is 4.52 Å². The molecule has 3 heteroatoms. The molecule has 0 unspecified atom stereocenters. The maximum atomic E-state index is 5.04. The fourth-order valence-corrected chi connectivity index (χ4v) is 1.72. The van der Waals surface area contributed by atoms with Gasteiger partial charge in [-0.2, -0.15) is 0 Å².